The fourth-order valence-electron chi connectivity index (χ4n) is 2.73. The van der Waals surface area contributed by atoms with Crippen molar-refractivity contribution >= 4 is 0 Å². The lowest BCUT2D eigenvalue weighted by molar-refractivity contribution is 0.0443. The Kier molecular flexibility index (Phi) is 4.69. The highest BCUT2D eigenvalue weighted by Crippen LogP contribution is 2.17. The summed E-state index contributed by atoms with van der Waals surface area (Å²) in [4.78, 5) is 9.06. The van der Waals surface area contributed by atoms with Crippen LogP contribution in [0.15, 0.2) is 24.5 Å². The molecule has 0 aliphatic carbocycles. The molecule has 2 atom stereocenters. The minimum absolute atomic E-state index is 0.584. The molecule has 2 rings (SSSR count). The van der Waals surface area contributed by atoms with E-state index in [1.165, 1.54) is 5.56 Å². The van der Waals surface area contributed by atoms with Crippen LogP contribution in [0.25, 0.3) is 0 Å². The van der Waals surface area contributed by atoms with E-state index < -0.39 is 0 Å². The van der Waals surface area contributed by atoms with Crippen molar-refractivity contribution in [1.29, 1.82) is 0 Å². The maximum absolute atomic E-state index is 5.71. The molecule has 0 spiro atoms. The Balaban J connectivity index is 1.97. The van der Waals surface area contributed by atoms with Crippen LogP contribution in [0, 0.1) is 0 Å². The minimum Gasteiger partial charge on any atom is -0.330 e. The summed E-state index contributed by atoms with van der Waals surface area (Å²) in [6.07, 6.45) is 4.81. The van der Waals surface area contributed by atoms with E-state index in [0.717, 1.165) is 32.6 Å². The average Bonchev–Trinajstić information content (AvgIpc) is 2.37. The molecule has 1 fully saturated rings. The molecule has 18 heavy (non-hydrogen) atoms. The second kappa shape index (κ2) is 6.27. The van der Waals surface area contributed by atoms with Crippen molar-refractivity contribution in [3.8, 4) is 0 Å². The number of pyridine rings is 1. The molecule has 1 saturated heterocycles. The van der Waals surface area contributed by atoms with Gasteiger partial charge in [0.1, 0.15) is 0 Å². The number of rotatable bonds is 4. The van der Waals surface area contributed by atoms with Crippen LogP contribution in [-0.2, 0) is 6.54 Å². The Morgan fingerprint density at radius 3 is 2.72 bits per heavy atom. The smallest absolute Gasteiger partial charge is 0.0271 e. The lowest BCUT2D eigenvalue weighted by atomic mass is 10.0. The summed E-state index contributed by atoms with van der Waals surface area (Å²) in [5, 5.41) is 0. The van der Waals surface area contributed by atoms with Gasteiger partial charge in [0.2, 0.25) is 0 Å². The fraction of sp³-hybridized carbons (Fsp3) is 0.643. The molecular weight excluding hydrogens is 224 g/mol. The maximum atomic E-state index is 5.71. The van der Waals surface area contributed by atoms with Crippen molar-refractivity contribution in [2.75, 3.05) is 26.7 Å². The standard InChI is InChI=1S/C14H24N4/c1-12-9-18(10-13-4-7-16-8-5-13)11-14(3-6-15)17(12)2/h4-5,7-8,12,14H,3,6,9-11,15H2,1-2H3. The van der Waals surface area contributed by atoms with E-state index >= 15 is 0 Å². The number of hydrogen-bond donors (Lipinski definition) is 1. The van der Waals surface area contributed by atoms with Crippen LogP contribution in [-0.4, -0.2) is 53.5 Å². The van der Waals surface area contributed by atoms with Crippen molar-refractivity contribution in [3.05, 3.63) is 30.1 Å². The number of piperazine rings is 1. The normalized spacial score (nSPS) is 26.4. The van der Waals surface area contributed by atoms with Gasteiger partial charge >= 0.3 is 0 Å². The third kappa shape index (κ3) is 3.28. The zero-order chi connectivity index (χ0) is 13.0. The highest BCUT2D eigenvalue weighted by Gasteiger charge is 2.28. The van der Waals surface area contributed by atoms with E-state index in [1.54, 1.807) is 0 Å². The van der Waals surface area contributed by atoms with E-state index in [2.05, 4.69) is 40.9 Å². The quantitative estimate of drug-likeness (QED) is 0.861. The zero-order valence-electron chi connectivity index (χ0n) is 11.4. The van der Waals surface area contributed by atoms with Gasteiger partial charge in [-0.05, 0) is 44.6 Å². The van der Waals surface area contributed by atoms with E-state index in [1.807, 2.05) is 12.4 Å². The summed E-state index contributed by atoms with van der Waals surface area (Å²) >= 11 is 0. The van der Waals surface area contributed by atoms with Gasteiger partial charge in [0.05, 0.1) is 0 Å². The van der Waals surface area contributed by atoms with Gasteiger partial charge in [-0.3, -0.25) is 14.8 Å². The van der Waals surface area contributed by atoms with Gasteiger partial charge in [-0.1, -0.05) is 0 Å². The molecular formula is C14H24N4. The van der Waals surface area contributed by atoms with Gasteiger partial charge in [0.15, 0.2) is 0 Å². The monoisotopic (exact) mass is 248 g/mol. The van der Waals surface area contributed by atoms with Crippen molar-refractivity contribution in [3.63, 3.8) is 0 Å². The molecule has 2 unspecified atom stereocenters. The first-order valence-electron chi connectivity index (χ1n) is 6.74. The van der Waals surface area contributed by atoms with Crippen LogP contribution >= 0.6 is 0 Å². The first kappa shape index (κ1) is 13.5. The highest BCUT2D eigenvalue weighted by atomic mass is 15.3. The maximum Gasteiger partial charge on any atom is 0.0271 e. The first-order valence-corrected chi connectivity index (χ1v) is 6.74. The second-order valence-corrected chi connectivity index (χ2v) is 5.30. The molecule has 2 N–H and O–H groups in total. The molecule has 1 aromatic rings. The van der Waals surface area contributed by atoms with Gasteiger partial charge in [-0.2, -0.15) is 0 Å². The van der Waals surface area contributed by atoms with Crippen LogP contribution in [0.3, 0.4) is 0 Å². The zero-order valence-corrected chi connectivity index (χ0v) is 11.4. The third-order valence-electron chi connectivity index (χ3n) is 3.92. The van der Waals surface area contributed by atoms with Crippen molar-refractivity contribution < 1.29 is 0 Å². The molecule has 1 aliphatic rings. The summed E-state index contributed by atoms with van der Waals surface area (Å²) in [5.41, 5.74) is 7.05. The predicted molar refractivity (Wildman–Crippen MR) is 74.2 cm³/mol. The molecule has 0 amide bonds. The molecule has 1 aliphatic heterocycles. The van der Waals surface area contributed by atoms with Gasteiger partial charge in [-0.15, -0.1) is 0 Å². The summed E-state index contributed by atoms with van der Waals surface area (Å²) in [5.74, 6) is 0. The first-order chi connectivity index (χ1) is 8.70. The number of nitrogens with two attached hydrogens (primary N) is 1. The molecule has 4 heteroatoms. The fourth-order valence-corrected chi connectivity index (χ4v) is 2.73. The van der Waals surface area contributed by atoms with Crippen molar-refractivity contribution in [1.82, 2.24) is 14.8 Å². The van der Waals surface area contributed by atoms with Gasteiger partial charge < -0.3 is 5.73 Å². The molecule has 4 nitrogen and oxygen atoms in total. The molecule has 0 radical (unpaired) electrons. The molecule has 100 valence electrons. The number of nitrogens with zero attached hydrogens (tertiary/aromatic N) is 3. The molecule has 1 aromatic heterocycles. The highest BCUT2D eigenvalue weighted by molar-refractivity contribution is 5.09. The summed E-state index contributed by atoms with van der Waals surface area (Å²) in [7, 11) is 2.22. The number of likely N-dealkylation sites (N-methyl/N-ethyl adjacent to an activating group) is 1. The Morgan fingerprint density at radius 1 is 1.33 bits per heavy atom. The third-order valence-corrected chi connectivity index (χ3v) is 3.92. The lowest BCUT2D eigenvalue weighted by Gasteiger charge is -2.44. The molecule has 0 bridgehead atoms. The summed E-state index contributed by atoms with van der Waals surface area (Å²) < 4.78 is 0. The van der Waals surface area contributed by atoms with E-state index in [0.29, 0.717) is 12.1 Å². The summed E-state index contributed by atoms with van der Waals surface area (Å²) in [6.45, 7) is 6.31. The van der Waals surface area contributed by atoms with Crippen LogP contribution in [0.1, 0.15) is 18.9 Å². The van der Waals surface area contributed by atoms with E-state index in [4.69, 9.17) is 5.73 Å². The topological polar surface area (TPSA) is 45.4 Å². The second-order valence-electron chi connectivity index (χ2n) is 5.30. The number of hydrogen-bond acceptors (Lipinski definition) is 4. The SMILES string of the molecule is CC1CN(Cc2ccncc2)CC(CCN)N1C. The Hall–Kier alpha value is -0.970. The van der Waals surface area contributed by atoms with Crippen LogP contribution in [0.2, 0.25) is 0 Å². The van der Waals surface area contributed by atoms with Crippen LogP contribution in [0.4, 0.5) is 0 Å². The van der Waals surface area contributed by atoms with Gasteiger partial charge in [0, 0.05) is 44.1 Å². The Bertz CT molecular complexity index is 354. The molecule has 0 aromatic carbocycles. The number of aromatic nitrogens is 1. The van der Waals surface area contributed by atoms with Crippen molar-refractivity contribution in [2.24, 2.45) is 5.73 Å². The Morgan fingerprint density at radius 2 is 2.06 bits per heavy atom. The largest absolute Gasteiger partial charge is 0.330 e. The predicted octanol–water partition coefficient (Wildman–Crippen LogP) is 0.935. The van der Waals surface area contributed by atoms with Crippen LogP contribution < -0.4 is 5.73 Å². The molecule has 2 heterocycles. The Labute approximate surface area is 110 Å². The van der Waals surface area contributed by atoms with Gasteiger partial charge in [-0.25, -0.2) is 0 Å². The summed E-state index contributed by atoms with van der Waals surface area (Å²) in [6, 6.07) is 5.37. The van der Waals surface area contributed by atoms with E-state index in [9.17, 15) is 0 Å². The minimum atomic E-state index is 0.584. The lowest BCUT2D eigenvalue weighted by Crippen LogP contribution is -2.56. The average molecular weight is 248 g/mol. The van der Waals surface area contributed by atoms with E-state index in [-0.39, 0.29) is 0 Å². The van der Waals surface area contributed by atoms with Crippen LogP contribution in [0.5, 0.6) is 0 Å². The van der Waals surface area contributed by atoms with Gasteiger partial charge in [0.25, 0.3) is 0 Å². The molecule has 0 saturated carbocycles. The van der Waals surface area contributed by atoms with Crippen molar-refractivity contribution in [2.45, 2.75) is 32.0 Å².